The van der Waals surface area contributed by atoms with E-state index in [1.165, 1.54) is 11.3 Å². The van der Waals surface area contributed by atoms with Gasteiger partial charge >= 0.3 is 6.03 Å². The third-order valence-corrected chi connectivity index (χ3v) is 4.73. The van der Waals surface area contributed by atoms with Crippen LogP contribution in [0.2, 0.25) is 0 Å². The molecule has 1 heterocycles. The molecule has 3 aromatic rings. The first-order chi connectivity index (χ1) is 13.0. The number of benzene rings is 2. The predicted molar refractivity (Wildman–Crippen MR) is 107 cm³/mol. The van der Waals surface area contributed by atoms with Crippen molar-refractivity contribution < 1.29 is 9.59 Å². The van der Waals surface area contributed by atoms with E-state index in [2.05, 4.69) is 26.1 Å². The summed E-state index contributed by atoms with van der Waals surface area (Å²) >= 11 is 1.36. The van der Waals surface area contributed by atoms with Crippen LogP contribution < -0.4 is 16.0 Å². The van der Waals surface area contributed by atoms with Crippen LogP contribution in [0.4, 0.5) is 21.3 Å². The molecule has 0 unspecified atom stereocenters. The van der Waals surface area contributed by atoms with Crippen LogP contribution in [0.15, 0.2) is 54.6 Å². The normalized spacial score (nSPS) is 10.5. The molecule has 2 aromatic carbocycles. The predicted octanol–water partition coefficient (Wildman–Crippen LogP) is 4.56. The molecule has 8 heteroatoms. The first kappa shape index (κ1) is 18.5. The molecule has 1 aromatic heterocycles. The van der Waals surface area contributed by atoms with Gasteiger partial charge in [0.15, 0.2) is 0 Å². The van der Waals surface area contributed by atoms with Crippen LogP contribution in [0.5, 0.6) is 0 Å². The average molecular weight is 381 g/mol. The number of carbonyl (C=O) groups is 2. The van der Waals surface area contributed by atoms with E-state index in [0.29, 0.717) is 22.1 Å². The van der Waals surface area contributed by atoms with Gasteiger partial charge in [-0.25, -0.2) is 4.79 Å². The van der Waals surface area contributed by atoms with Gasteiger partial charge in [-0.2, -0.15) is 0 Å². The molecule has 0 spiro atoms. The fraction of sp³-hybridized carbons (Fsp3) is 0.158. The minimum atomic E-state index is -0.353. The molecular formula is C19H19N5O2S. The van der Waals surface area contributed by atoms with Gasteiger partial charge in [0.2, 0.25) is 5.13 Å². The fourth-order valence-corrected chi connectivity index (χ4v) is 2.95. The van der Waals surface area contributed by atoms with Crippen molar-refractivity contribution in [1.29, 1.82) is 0 Å². The molecule has 3 rings (SSSR count). The van der Waals surface area contributed by atoms with Crippen molar-refractivity contribution >= 4 is 39.8 Å². The van der Waals surface area contributed by atoms with Crippen LogP contribution in [0.1, 0.15) is 35.1 Å². The Bertz CT molecular complexity index is 923. The van der Waals surface area contributed by atoms with E-state index in [1.807, 2.05) is 32.0 Å². The number of hydrogen-bond donors (Lipinski definition) is 3. The third kappa shape index (κ3) is 5.11. The first-order valence-electron chi connectivity index (χ1n) is 8.39. The number of urea groups is 1. The lowest BCUT2D eigenvalue weighted by atomic mass is 10.2. The van der Waals surface area contributed by atoms with E-state index in [9.17, 15) is 9.59 Å². The first-order valence-corrected chi connectivity index (χ1v) is 9.21. The standard InChI is InChI=1S/C19H19N5O2S/c1-12(2)17-23-24-19(27-17)22-16(25)13-8-10-15(11-9-13)21-18(26)20-14-6-4-3-5-7-14/h3-12H,1-2H3,(H2,20,21,26)(H,22,24,25). The van der Waals surface area contributed by atoms with Gasteiger partial charge in [0.05, 0.1) is 0 Å². The highest BCUT2D eigenvalue weighted by Gasteiger charge is 2.12. The van der Waals surface area contributed by atoms with Crippen molar-refractivity contribution in [3.63, 3.8) is 0 Å². The molecule has 0 aliphatic carbocycles. The molecule has 138 valence electrons. The number of nitrogens with zero attached hydrogens (tertiary/aromatic N) is 2. The Balaban J connectivity index is 1.57. The number of amides is 3. The van der Waals surface area contributed by atoms with Crippen molar-refractivity contribution in [2.75, 3.05) is 16.0 Å². The van der Waals surface area contributed by atoms with E-state index >= 15 is 0 Å². The molecular weight excluding hydrogens is 362 g/mol. The molecule has 0 atom stereocenters. The lowest BCUT2D eigenvalue weighted by Crippen LogP contribution is -2.19. The Kier molecular flexibility index (Phi) is 5.77. The smallest absolute Gasteiger partial charge is 0.308 e. The number of nitrogens with one attached hydrogen (secondary N) is 3. The molecule has 3 amide bonds. The summed E-state index contributed by atoms with van der Waals surface area (Å²) in [7, 11) is 0. The third-order valence-electron chi connectivity index (χ3n) is 3.59. The van der Waals surface area contributed by atoms with Gasteiger partial charge in [0.1, 0.15) is 5.01 Å². The molecule has 0 radical (unpaired) electrons. The highest BCUT2D eigenvalue weighted by atomic mass is 32.1. The Morgan fingerprint density at radius 2 is 1.48 bits per heavy atom. The molecule has 0 aliphatic rings. The molecule has 0 bridgehead atoms. The molecule has 7 nitrogen and oxygen atoms in total. The van der Waals surface area contributed by atoms with Gasteiger partial charge in [-0.15, -0.1) is 10.2 Å². The van der Waals surface area contributed by atoms with Crippen molar-refractivity contribution in [2.45, 2.75) is 19.8 Å². The van der Waals surface area contributed by atoms with Gasteiger partial charge in [-0.3, -0.25) is 10.1 Å². The van der Waals surface area contributed by atoms with Crippen LogP contribution in [0.25, 0.3) is 0 Å². The molecule has 3 N–H and O–H groups in total. The van der Waals surface area contributed by atoms with Crippen LogP contribution in [-0.4, -0.2) is 22.1 Å². The van der Waals surface area contributed by atoms with E-state index in [-0.39, 0.29) is 17.9 Å². The summed E-state index contributed by atoms with van der Waals surface area (Å²) < 4.78 is 0. The summed E-state index contributed by atoms with van der Waals surface area (Å²) in [5.41, 5.74) is 1.74. The minimum absolute atomic E-state index is 0.264. The van der Waals surface area contributed by atoms with Crippen LogP contribution in [0, 0.1) is 0 Å². The van der Waals surface area contributed by atoms with Gasteiger partial charge in [-0.1, -0.05) is 43.4 Å². The monoisotopic (exact) mass is 381 g/mol. The summed E-state index contributed by atoms with van der Waals surface area (Å²) in [6, 6.07) is 15.4. The van der Waals surface area contributed by atoms with Crippen molar-refractivity contribution in [1.82, 2.24) is 10.2 Å². The highest BCUT2D eigenvalue weighted by molar-refractivity contribution is 7.15. The zero-order chi connectivity index (χ0) is 19.2. The summed E-state index contributed by atoms with van der Waals surface area (Å²) in [4.78, 5) is 24.3. The number of para-hydroxylation sites is 1. The Morgan fingerprint density at radius 3 is 2.07 bits per heavy atom. The average Bonchev–Trinajstić information content (AvgIpc) is 3.12. The summed E-state index contributed by atoms with van der Waals surface area (Å²) in [5.74, 6) is -0.0118. The largest absolute Gasteiger partial charge is 0.323 e. The number of carbonyl (C=O) groups excluding carboxylic acids is 2. The highest BCUT2D eigenvalue weighted by Crippen LogP contribution is 2.23. The van der Waals surface area contributed by atoms with Crippen molar-refractivity contribution in [3.8, 4) is 0 Å². The van der Waals surface area contributed by atoms with Crippen LogP contribution in [0.3, 0.4) is 0 Å². The fourth-order valence-electron chi connectivity index (χ4n) is 2.21. The zero-order valence-electron chi connectivity index (χ0n) is 14.9. The number of aromatic nitrogens is 2. The number of hydrogen-bond acceptors (Lipinski definition) is 5. The Morgan fingerprint density at radius 1 is 0.852 bits per heavy atom. The van der Waals surface area contributed by atoms with Crippen LogP contribution >= 0.6 is 11.3 Å². The van der Waals surface area contributed by atoms with E-state index in [1.54, 1.807) is 36.4 Å². The Hall–Kier alpha value is -3.26. The van der Waals surface area contributed by atoms with Crippen LogP contribution in [-0.2, 0) is 0 Å². The maximum atomic E-state index is 12.3. The lowest BCUT2D eigenvalue weighted by Gasteiger charge is -2.08. The second kappa shape index (κ2) is 8.41. The summed E-state index contributed by atoms with van der Waals surface area (Å²) in [5, 5.41) is 17.5. The zero-order valence-corrected chi connectivity index (χ0v) is 15.7. The minimum Gasteiger partial charge on any atom is -0.308 e. The molecule has 27 heavy (non-hydrogen) atoms. The van der Waals surface area contributed by atoms with Gasteiger partial charge in [-0.05, 0) is 36.4 Å². The van der Waals surface area contributed by atoms with Gasteiger partial charge < -0.3 is 10.6 Å². The van der Waals surface area contributed by atoms with Gasteiger partial charge in [0.25, 0.3) is 5.91 Å². The molecule has 0 aliphatic heterocycles. The van der Waals surface area contributed by atoms with E-state index in [0.717, 1.165) is 5.01 Å². The molecule has 0 fully saturated rings. The number of rotatable bonds is 5. The topological polar surface area (TPSA) is 96.0 Å². The number of anilines is 3. The lowest BCUT2D eigenvalue weighted by molar-refractivity contribution is 0.102. The maximum Gasteiger partial charge on any atom is 0.323 e. The molecule has 0 saturated carbocycles. The quantitative estimate of drug-likeness (QED) is 0.604. The SMILES string of the molecule is CC(C)c1nnc(NC(=O)c2ccc(NC(=O)Nc3ccccc3)cc2)s1. The second-order valence-electron chi connectivity index (χ2n) is 6.08. The summed E-state index contributed by atoms with van der Waals surface area (Å²) in [6.45, 7) is 4.04. The van der Waals surface area contributed by atoms with E-state index in [4.69, 9.17) is 0 Å². The molecule has 0 saturated heterocycles. The van der Waals surface area contributed by atoms with Crippen molar-refractivity contribution in [2.24, 2.45) is 0 Å². The van der Waals surface area contributed by atoms with E-state index < -0.39 is 0 Å². The van der Waals surface area contributed by atoms with Gasteiger partial charge in [0, 0.05) is 22.9 Å². The van der Waals surface area contributed by atoms with Crippen molar-refractivity contribution in [3.05, 3.63) is 65.2 Å². The Labute approximate surface area is 160 Å². The second-order valence-corrected chi connectivity index (χ2v) is 7.09. The maximum absolute atomic E-state index is 12.3. The summed E-state index contributed by atoms with van der Waals surface area (Å²) in [6.07, 6.45) is 0.